The molecule has 0 radical (unpaired) electrons. The average Bonchev–Trinajstić information content (AvgIpc) is 2.66. The summed E-state index contributed by atoms with van der Waals surface area (Å²) in [5, 5.41) is 7.00. The van der Waals surface area contributed by atoms with Gasteiger partial charge in [0, 0.05) is 24.4 Å². The van der Waals surface area contributed by atoms with Crippen LogP contribution in [0.4, 0.5) is 10.1 Å². The van der Waals surface area contributed by atoms with E-state index in [4.69, 9.17) is 4.74 Å². The molecule has 0 aliphatic carbocycles. The van der Waals surface area contributed by atoms with Crippen molar-refractivity contribution in [1.29, 1.82) is 0 Å². The summed E-state index contributed by atoms with van der Waals surface area (Å²) in [5.74, 6) is -0.318. The largest absolute Gasteiger partial charge is 0.481 e. The van der Waals surface area contributed by atoms with Crippen molar-refractivity contribution in [1.82, 2.24) is 9.78 Å². The SMILES string of the molecule is Cc1c(-c2cc3c(cc2F)OCC(=O)N3)nn(C)c1C. The van der Waals surface area contributed by atoms with Crippen molar-refractivity contribution in [3.8, 4) is 17.0 Å². The molecule has 1 aliphatic rings. The van der Waals surface area contributed by atoms with Crippen molar-refractivity contribution < 1.29 is 13.9 Å². The van der Waals surface area contributed by atoms with Crippen molar-refractivity contribution in [3.63, 3.8) is 0 Å². The Morgan fingerprint density at radius 2 is 2.15 bits per heavy atom. The first-order valence-corrected chi connectivity index (χ1v) is 6.24. The normalized spacial score (nSPS) is 13.7. The predicted octanol–water partition coefficient (Wildman–Crippen LogP) is 2.17. The number of halogens is 1. The molecular weight excluding hydrogens is 261 g/mol. The van der Waals surface area contributed by atoms with Crippen LogP contribution >= 0.6 is 0 Å². The maximum Gasteiger partial charge on any atom is 0.262 e. The van der Waals surface area contributed by atoms with Gasteiger partial charge in [0.1, 0.15) is 11.6 Å². The summed E-state index contributed by atoms with van der Waals surface area (Å²) in [4.78, 5) is 11.3. The first-order chi connectivity index (χ1) is 9.47. The van der Waals surface area contributed by atoms with Gasteiger partial charge in [-0.2, -0.15) is 5.10 Å². The van der Waals surface area contributed by atoms with Gasteiger partial charge in [-0.25, -0.2) is 4.39 Å². The molecule has 3 rings (SSSR count). The van der Waals surface area contributed by atoms with Gasteiger partial charge in [0.25, 0.3) is 5.91 Å². The van der Waals surface area contributed by atoms with E-state index in [-0.39, 0.29) is 12.5 Å². The van der Waals surface area contributed by atoms with E-state index < -0.39 is 5.82 Å². The molecule has 0 unspecified atom stereocenters. The highest BCUT2D eigenvalue weighted by Gasteiger charge is 2.22. The van der Waals surface area contributed by atoms with Gasteiger partial charge >= 0.3 is 0 Å². The summed E-state index contributed by atoms with van der Waals surface area (Å²) in [6.07, 6.45) is 0. The second-order valence-corrected chi connectivity index (χ2v) is 4.85. The van der Waals surface area contributed by atoms with Gasteiger partial charge in [0.05, 0.1) is 11.4 Å². The molecule has 104 valence electrons. The summed E-state index contributed by atoms with van der Waals surface area (Å²) in [6, 6.07) is 2.85. The van der Waals surface area contributed by atoms with E-state index in [2.05, 4.69) is 10.4 Å². The van der Waals surface area contributed by atoms with Crippen molar-refractivity contribution >= 4 is 11.6 Å². The zero-order valence-electron chi connectivity index (χ0n) is 11.5. The number of hydrogen-bond acceptors (Lipinski definition) is 3. The molecule has 2 aromatic rings. The van der Waals surface area contributed by atoms with Gasteiger partial charge in [-0.15, -0.1) is 0 Å². The Bertz CT molecular complexity index is 722. The van der Waals surface area contributed by atoms with E-state index in [0.29, 0.717) is 22.7 Å². The van der Waals surface area contributed by atoms with Gasteiger partial charge in [-0.1, -0.05) is 0 Å². The lowest BCUT2D eigenvalue weighted by Gasteiger charge is -2.18. The number of benzene rings is 1. The van der Waals surface area contributed by atoms with E-state index in [0.717, 1.165) is 11.3 Å². The van der Waals surface area contributed by atoms with Crippen LogP contribution in [-0.4, -0.2) is 22.3 Å². The highest BCUT2D eigenvalue weighted by atomic mass is 19.1. The summed E-state index contributed by atoms with van der Waals surface area (Å²) in [7, 11) is 1.81. The molecule has 20 heavy (non-hydrogen) atoms. The Hall–Kier alpha value is -2.37. The predicted molar refractivity (Wildman–Crippen MR) is 72.2 cm³/mol. The zero-order valence-corrected chi connectivity index (χ0v) is 11.5. The first-order valence-electron chi connectivity index (χ1n) is 6.24. The minimum absolute atomic E-state index is 0.0898. The van der Waals surface area contributed by atoms with Crippen LogP contribution in [0, 0.1) is 19.7 Å². The molecule has 1 amide bonds. The summed E-state index contributed by atoms with van der Waals surface area (Å²) in [5.41, 5.74) is 3.29. The molecule has 6 heteroatoms. The molecule has 0 saturated carbocycles. The smallest absolute Gasteiger partial charge is 0.262 e. The number of nitrogens with one attached hydrogen (secondary N) is 1. The van der Waals surface area contributed by atoms with E-state index >= 15 is 0 Å². The molecule has 0 atom stereocenters. The van der Waals surface area contributed by atoms with Crippen molar-refractivity contribution in [3.05, 3.63) is 29.2 Å². The monoisotopic (exact) mass is 275 g/mol. The number of amides is 1. The number of ether oxygens (including phenoxy) is 1. The third kappa shape index (κ3) is 1.84. The van der Waals surface area contributed by atoms with E-state index in [1.54, 1.807) is 10.7 Å². The highest BCUT2D eigenvalue weighted by molar-refractivity contribution is 5.96. The number of carbonyl (C=O) groups excluding carboxylic acids is 1. The molecule has 5 nitrogen and oxygen atoms in total. The van der Waals surface area contributed by atoms with Crippen LogP contribution in [0.15, 0.2) is 12.1 Å². The summed E-state index contributed by atoms with van der Waals surface area (Å²) < 4.78 is 21.1. The van der Waals surface area contributed by atoms with E-state index in [9.17, 15) is 9.18 Å². The van der Waals surface area contributed by atoms with Gasteiger partial charge < -0.3 is 10.1 Å². The number of rotatable bonds is 1. The number of fused-ring (bicyclic) bond motifs is 1. The zero-order chi connectivity index (χ0) is 14.4. The lowest BCUT2D eigenvalue weighted by atomic mass is 10.0. The standard InChI is InChI=1S/C14H14FN3O2/c1-7-8(2)18(3)17-14(7)9-4-11-12(5-10(9)15)20-6-13(19)16-11/h4-5H,6H2,1-3H3,(H,16,19). The van der Waals surface area contributed by atoms with Gasteiger partial charge in [0.15, 0.2) is 6.61 Å². The molecule has 2 heterocycles. The summed E-state index contributed by atoms with van der Waals surface area (Å²) >= 11 is 0. The Balaban J connectivity index is 2.17. The Morgan fingerprint density at radius 1 is 1.40 bits per heavy atom. The minimum atomic E-state index is -0.416. The minimum Gasteiger partial charge on any atom is -0.481 e. The fraction of sp³-hybridized carbons (Fsp3) is 0.286. The Morgan fingerprint density at radius 3 is 2.80 bits per heavy atom. The first kappa shape index (κ1) is 12.7. The second-order valence-electron chi connectivity index (χ2n) is 4.85. The maximum atomic E-state index is 14.2. The van der Waals surface area contributed by atoms with Crippen LogP contribution in [0.25, 0.3) is 11.3 Å². The van der Waals surface area contributed by atoms with Crippen LogP contribution in [-0.2, 0) is 11.8 Å². The molecule has 1 aromatic heterocycles. The quantitative estimate of drug-likeness (QED) is 0.867. The molecule has 1 N–H and O–H groups in total. The molecule has 1 aliphatic heterocycles. The fourth-order valence-electron chi connectivity index (χ4n) is 2.25. The van der Waals surface area contributed by atoms with Gasteiger partial charge in [-0.3, -0.25) is 9.48 Å². The Labute approximate surface area is 115 Å². The lowest BCUT2D eigenvalue weighted by molar-refractivity contribution is -0.118. The number of aryl methyl sites for hydroxylation is 1. The average molecular weight is 275 g/mol. The molecule has 0 saturated heterocycles. The third-order valence-electron chi connectivity index (χ3n) is 3.59. The molecule has 0 spiro atoms. The number of hydrogen-bond donors (Lipinski definition) is 1. The molecular formula is C14H14FN3O2. The van der Waals surface area contributed by atoms with Crippen LogP contribution < -0.4 is 10.1 Å². The van der Waals surface area contributed by atoms with Crippen LogP contribution in [0.5, 0.6) is 5.75 Å². The van der Waals surface area contributed by atoms with Crippen molar-refractivity contribution in [2.24, 2.45) is 7.05 Å². The molecule has 0 fully saturated rings. The van der Waals surface area contributed by atoms with Crippen LogP contribution in [0.3, 0.4) is 0 Å². The molecule has 1 aromatic carbocycles. The fourth-order valence-corrected chi connectivity index (χ4v) is 2.25. The van der Waals surface area contributed by atoms with Crippen molar-refractivity contribution in [2.75, 3.05) is 11.9 Å². The van der Waals surface area contributed by atoms with Gasteiger partial charge in [0.2, 0.25) is 0 Å². The van der Waals surface area contributed by atoms with Gasteiger partial charge in [-0.05, 0) is 25.5 Å². The number of nitrogens with zero attached hydrogens (tertiary/aromatic N) is 2. The van der Waals surface area contributed by atoms with E-state index in [1.807, 2.05) is 20.9 Å². The number of anilines is 1. The second kappa shape index (κ2) is 4.33. The topological polar surface area (TPSA) is 56.1 Å². The van der Waals surface area contributed by atoms with Crippen molar-refractivity contribution in [2.45, 2.75) is 13.8 Å². The summed E-state index contributed by atoms with van der Waals surface area (Å²) in [6.45, 7) is 3.73. The van der Waals surface area contributed by atoms with Crippen LogP contribution in [0.1, 0.15) is 11.3 Å². The maximum absolute atomic E-state index is 14.2. The van der Waals surface area contributed by atoms with Crippen LogP contribution in [0.2, 0.25) is 0 Å². The Kier molecular flexibility index (Phi) is 2.74. The van der Waals surface area contributed by atoms with E-state index in [1.165, 1.54) is 6.07 Å². The third-order valence-corrected chi connectivity index (χ3v) is 3.59. The lowest BCUT2D eigenvalue weighted by Crippen LogP contribution is -2.25. The highest BCUT2D eigenvalue weighted by Crippen LogP contribution is 2.36. The number of carbonyl (C=O) groups is 1. The number of aromatic nitrogens is 2. The molecule has 0 bridgehead atoms.